The van der Waals surface area contributed by atoms with E-state index in [1.807, 2.05) is 25.1 Å². The molecule has 0 saturated carbocycles. The molecule has 0 fully saturated rings. The fraction of sp³-hybridized carbons (Fsp3) is 0.214. The van der Waals surface area contributed by atoms with E-state index in [9.17, 15) is 9.59 Å². The topological polar surface area (TPSA) is 110 Å². The van der Waals surface area contributed by atoms with Gasteiger partial charge in [0.05, 0.1) is 11.4 Å². The molecule has 0 radical (unpaired) electrons. The predicted molar refractivity (Wildman–Crippen MR) is 149 cm³/mol. The number of nitrogens with zero attached hydrogens (tertiary/aromatic N) is 3. The lowest BCUT2D eigenvalue weighted by molar-refractivity contribution is 0.0950. The minimum atomic E-state index is -0.421. The molecule has 196 valence electrons. The van der Waals surface area contributed by atoms with Crippen molar-refractivity contribution in [3.8, 4) is 17.2 Å². The third kappa shape index (κ3) is 6.68. The van der Waals surface area contributed by atoms with Gasteiger partial charge in [0.15, 0.2) is 0 Å². The van der Waals surface area contributed by atoms with Crippen LogP contribution in [0.15, 0.2) is 72.9 Å². The fourth-order valence-electron chi connectivity index (χ4n) is 3.49. The lowest BCUT2D eigenvalue weighted by atomic mass is 9.92. The van der Waals surface area contributed by atoms with E-state index in [1.54, 1.807) is 53.2 Å². The van der Waals surface area contributed by atoms with Gasteiger partial charge in [-0.1, -0.05) is 32.4 Å². The lowest BCUT2D eigenvalue weighted by Crippen LogP contribution is -2.23. The van der Waals surface area contributed by atoms with Gasteiger partial charge in [0, 0.05) is 41.0 Å². The van der Waals surface area contributed by atoms with Crippen molar-refractivity contribution in [2.45, 2.75) is 33.1 Å². The normalized spacial score (nSPS) is 11.1. The summed E-state index contributed by atoms with van der Waals surface area (Å²) >= 11 is 6.04. The molecule has 0 bridgehead atoms. The Kier molecular flexibility index (Phi) is 7.97. The Hall–Kier alpha value is -4.37. The first-order valence-corrected chi connectivity index (χ1v) is 12.5. The van der Waals surface area contributed by atoms with Crippen LogP contribution in [0.4, 0.5) is 16.3 Å². The SMILES string of the molecule is CCNC(=O)c1cc(Oc2ccc(NC(=O)Nc3cc(C(C)(C)C)nn3-c3ccc(Cl)cc3)cc2)ccn1. The Morgan fingerprint density at radius 3 is 2.32 bits per heavy atom. The molecule has 0 spiro atoms. The van der Waals surface area contributed by atoms with E-state index in [0.29, 0.717) is 34.6 Å². The predicted octanol–water partition coefficient (Wildman–Crippen LogP) is 6.40. The first-order chi connectivity index (χ1) is 18.1. The molecular weight excluding hydrogens is 504 g/mol. The Morgan fingerprint density at radius 2 is 1.66 bits per heavy atom. The van der Waals surface area contributed by atoms with Crippen molar-refractivity contribution in [3.05, 3.63) is 89.3 Å². The number of ether oxygens (including phenoxy) is 1. The molecule has 2 aromatic heterocycles. The van der Waals surface area contributed by atoms with Gasteiger partial charge >= 0.3 is 6.03 Å². The number of amides is 3. The van der Waals surface area contributed by atoms with E-state index in [2.05, 4.69) is 41.7 Å². The van der Waals surface area contributed by atoms with E-state index in [4.69, 9.17) is 21.4 Å². The van der Waals surface area contributed by atoms with Crippen molar-refractivity contribution in [2.75, 3.05) is 17.2 Å². The van der Waals surface area contributed by atoms with Gasteiger partial charge in [-0.25, -0.2) is 9.48 Å². The highest BCUT2D eigenvalue weighted by Gasteiger charge is 2.21. The number of anilines is 2. The number of urea groups is 1. The number of rotatable bonds is 7. The monoisotopic (exact) mass is 532 g/mol. The molecule has 3 amide bonds. The number of hydrogen-bond acceptors (Lipinski definition) is 5. The summed E-state index contributed by atoms with van der Waals surface area (Å²) in [6, 6.07) is 18.8. The molecule has 0 aliphatic heterocycles. The molecule has 2 heterocycles. The third-order valence-electron chi connectivity index (χ3n) is 5.44. The number of carbonyl (C=O) groups is 2. The second-order valence-corrected chi connectivity index (χ2v) is 9.93. The quantitative estimate of drug-likeness (QED) is 0.255. The molecule has 2 aromatic carbocycles. The third-order valence-corrected chi connectivity index (χ3v) is 5.69. The highest BCUT2D eigenvalue weighted by Crippen LogP contribution is 2.27. The molecule has 0 unspecified atom stereocenters. The van der Waals surface area contributed by atoms with Crippen LogP contribution in [0, 0.1) is 0 Å². The van der Waals surface area contributed by atoms with Crippen LogP contribution in [0.3, 0.4) is 0 Å². The summed E-state index contributed by atoms with van der Waals surface area (Å²) in [5.74, 6) is 1.27. The van der Waals surface area contributed by atoms with Crippen molar-refractivity contribution in [1.82, 2.24) is 20.1 Å². The first kappa shape index (κ1) is 26.7. The Balaban J connectivity index is 1.44. The number of hydrogen-bond donors (Lipinski definition) is 3. The summed E-state index contributed by atoms with van der Waals surface area (Å²) < 4.78 is 7.52. The highest BCUT2D eigenvalue weighted by molar-refractivity contribution is 6.30. The minimum absolute atomic E-state index is 0.213. The molecule has 0 atom stereocenters. The van der Waals surface area contributed by atoms with Gasteiger partial charge in [-0.2, -0.15) is 5.10 Å². The van der Waals surface area contributed by atoms with Crippen molar-refractivity contribution < 1.29 is 14.3 Å². The van der Waals surface area contributed by atoms with Crippen molar-refractivity contribution >= 4 is 35.0 Å². The van der Waals surface area contributed by atoms with Crippen molar-refractivity contribution in [1.29, 1.82) is 0 Å². The van der Waals surface area contributed by atoms with Gasteiger partial charge in [-0.15, -0.1) is 0 Å². The molecule has 3 N–H and O–H groups in total. The van der Waals surface area contributed by atoms with Crippen molar-refractivity contribution in [3.63, 3.8) is 0 Å². The lowest BCUT2D eigenvalue weighted by Gasteiger charge is -2.14. The molecule has 9 nitrogen and oxygen atoms in total. The summed E-state index contributed by atoms with van der Waals surface area (Å²) in [5.41, 5.74) is 2.23. The summed E-state index contributed by atoms with van der Waals surface area (Å²) in [7, 11) is 0. The zero-order valence-corrected chi connectivity index (χ0v) is 22.3. The van der Waals surface area contributed by atoms with Crippen LogP contribution in [-0.2, 0) is 5.41 Å². The molecule has 4 rings (SSSR count). The van der Waals surface area contributed by atoms with E-state index in [-0.39, 0.29) is 17.0 Å². The van der Waals surface area contributed by atoms with Crippen LogP contribution in [0.2, 0.25) is 5.02 Å². The van der Waals surface area contributed by atoms with E-state index in [0.717, 1.165) is 11.4 Å². The number of nitrogens with one attached hydrogen (secondary N) is 3. The average Bonchev–Trinajstić information content (AvgIpc) is 3.30. The number of pyridine rings is 1. The number of aromatic nitrogens is 3. The fourth-order valence-corrected chi connectivity index (χ4v) is 3.61. The summed E-state index contributed by atoms with van der Waals surface area (Å²) in [6.45, 7) is 8.52. The van der Waals surface area contributed by atoms with Gasteiger partial charge < -0.3 is 15.4 Å². The molecule has 0 aliphatic rings. The Morgan fingerprint density at radius 1 is 0.947 bits per heavy atom. The molecule has 4 aromatic rings. The molecule has 38 heavy (non-hydrogen) atoms. The summed E-state index contributed by atoms with van der Waals surface area (Å²) in [5, 5.41) is 13.7. The summed E-state index contributed by atoms with van der Waals surface area (Å²) in [6.07, 6.45) is 1.51. The smallest absolute Gasteiger partial charge is 0.324 e. The zero-order chi connectivity index (χ0) is 27.3. The molecule has 0 aliphatic carbocycles. The largest absolute Gasteiger partial charge is 0.457 e. The van der Waals surface area contributed by atoms with Gasteiger partial charge in [0.1, 0.15) is 23.0 Å². The average molecular weight is 533 g/mol. The van der Waals surface area contributed by atoms with Crippen molar-refractivity contribution in [2.24, 2.45) is 0 Å². The van der Waals surface area contributed by atoms with Gasteiger partial charge in [-0.05, 0) is 61.5 Å². The second kappa shape index (κ2) is 11.4. The van der Waals surface area contributed by atoms with Crippen LogP contribution in [0.5, 0.6) is 11.5 Å². The number of carbonyl (C=O) groups excluding carboxylic acids is 2. The molecule has 10 heteroatoms. The highest BCUT2D eigenvalue weighted by atomic mass is 35.5. The maximum atomic E-state index is 12.8. The minimum Gasteiger partial charge on any atom is -0.457 e. The number of halogens is 1. The van der Waals surface area contributed by atoms with Gasteiger partial charge in [-0.3, -0.25) is 15.1 Å². The Labute approximate surface area is 226 Å². The molecule has 0 saturated heterocycles. The van der Waals surface area contributed by atoms with E-state index in [1.165, 1.54) is 6.20 Å². The number of benzene rings is 2. The maximum Gasteiger partial charge on any atom is 0.324 e. The zero-order valence-electron chi connectivity index (χ0n) is 21.6. The van der Waals surface area contributed by atoms with Crippen LogP contribution >= 0.6 is 11.6 Å². The second-order valence-electron chi connectivity index (χ2n) is 9.49. The van der Waals surface area contributed by atoms with Crippen LogP contribution in [0.1, 0.15) is 43.9 Å². The van der Waals surface area contributed by atoms with Crippen LogP contribution in [0.25, 0.3) is 5.69 Å². The van der Waals surface area contributed by atoms with Crippen LogP contribution in [-0.4, -0.2) is 33.2 Å². The molecular formula is C28H29ClN6O3. The standard InChI is InChI=1S/C28H29ClN6O3/c1-5-30-26(36)23-16-22(14-15-31-23)38-21-12-8-19(9-13-21)32-27(37)33-25-17-24(28(2,3)4)34-35(25)20-10-6-18(29)7-11-20/h6-17H,5H2,1-4H3,(H,30,36)(H2,32,33,37). The first-order valence-electron chi connectivity index (χ1n) is 12.1. The van der Waals surface area contributed by atoms with Gasteiger partial charge in [0.2, 0.25) is 0 Å². The van der Waals surface area contributed by atoms with Crippen LogP contribution < -0.4 is 20.7 Å². The van der Waals surface area contributed by atoms with Gasteiger partial charge in [0.25, 0.3) is 5.91 Å². The van der Waals surface area contributed by atoms with E-state index < -0.39 is 6.03 Å². The Bertz CT molecular complexity index is 1430. The summed E-state index contributed by atoms with van der Waals surface area (Å²) in [4.78, 5) is 28.9. The maximum absolute atomic E-state index is 12.8. The van der Waals surface area contributed by atoms with E-state index >= 15 is 0 Å².